The van der Waals surface area contributed by atoms with Crippen molar-refractivity contribution in [2.75, 3.05) is 20.3 Å². The topological polar surface area (TPSA) is 47.6 Å². The van der Waals surface area contributed by atoms with Gasteiger partial charge in [0.2, 0.25) is 0 Å². The molecule has 0 rings (SSSR count). The number of likely N-dealkylation sites (N-methyl/N-ethyl adjacent to an activating group) is 1. The molecule has 0 aliphatic carbocycles. The number of hydrogen-bond donors (Lipinski definition) is 1. The van der Waals surface area contributed by atoms with Crippen molar-refractivity contribution < 1.29 is 27.4 Å². The first-order valence-corrected chi connectivity index (χ1v) is 5.21. The van der Waals surface area contributed by atoms with Crippen LogP contribution in [0.3, 0.4) is 0 Å². The molecule has 2 atom stereocenters. The maximum Gasteiger partial charge on any atom is 0.414 e. The van der Waals surface area contributed by atoms with Crippen molar-refractivity contribution >= 4 is 5.97 Å². The summed E-state index contributed by atoms with van der Waals surface area (Å²) >= 11 is 0. The second-order valence-electron chi connectivity index (χ2n) is 3.80. The summed E-state index contributed by atoms with van der Waals surface area (Å²) in [6, 6.07) is 0. The van der Waals surface area contributed by atoms with E-state index in [0.29, 0.717) is 0 Å². The molecule has 0 aromatic carbocycles. The first-order valence-electron chi connectivity index (χ1n) is 5.21. The third-order valence-electron chi connectivity index (χ3n) is 2.36. The number of alkyl halides is 3. The Morgan fingerprint density at radius 3 is 2.29 bits per heavy atom. The van der Waals surface area contributed by atoms with E-state index < -0.39 is 30.4 Å². The molecule has 17 heavy (non-hydrogen) atoms. The molecule has 0 amide bonds. The van der Waals surface area contributed by atoms with Gasteiger partial charge in [-0.25, -0.2) is 4.79 Å². The van der Waals surface area contributed by atoms with E-state index in [9.17, 15) is 18.0 Å². The van der Waals surface area contributed by atoms with Gasteiger partial charge in [-0.15, -0.1) is 0 Å². The zero-order chi connectivity index (χ0) is 13.7. The zero-order valence-corrected chi connectivity index (χ0v) is 10.4. The van der Waals surface area contributed by atoms with Crippen molar-refractivity contribution in [1.29, 1.82) is 0 Å². The maximum absolute atomic E-state index is 12.2. The second-order valence-corrected chi connectivity index (χ2v) is 3.80. The van der Waals surface area contributed by atoms with Crippen molar-refractivity contribution in [1.82, 2.24) is 5.32 Å². The molecule has 0 bridgehead atoms. The molecule has 1 N–H and O–H groups in total. The van der Waals surface area contributed by atoms with Crippen LogP contribution < -0.4 is 5.32 Å². The molecule has 0 saturated heterocycles. The first kappa shape index (κ1) is 16.2. The molecule has 2 unspecified atom stereocenters. The lowest BCUT2D eigenvalue weighted by Gasteiger charge is -2.28. The van der Waals surface area contributed by atoms with Crippen molar-refractivity contribution in [2.45, 2.75) is 38.6 Å². The predicted octanol–water partition coefficient (Wildman–Crippen LogP) is 1.50. The minimum Gasteiger partial charge on any atom is -0.465 e. The maximum atomic E-state index is 12.2. The van der Waals surface area contributed by atoms with E-state index in [1.165, 1.54) is 14.0 Å². The molecule has 0 fully saturated rings. The lowest BCUT2D eigenvalue weighted by Crippen LogP contribution is -2.53. The molecular weight excluding hydrogens is 239 g/mol. The Bertz CT molecular complexity index is 258. The number of ether oxygens (including phenoxy) is 2. The summed E-state index contributed by atoms with van der Waals surface area (Å²) in [4.78, 5) is 11.5. The van der Waals surface area contributed by atoms with Crippen LogP contribution in [0.25, 0.3) is 0 Å². The summed E-state index contributed by atoms with van der Waals surface area (Å²) in [6.45, 7) is 3.68. The van der Waals surface area contributed by atoms with Crippen molar-refractivity contribution in [3.8, 4) is 0 Å². The van der Waals surface area contributed by atoms with Crippen LogP contribution in [-0.4, -0.2) is 44.0 Å². The molecule has 7 heteroatoms. The van der Waals surface area contributed by atoms with Crippen LogP contribution in [-0.2, 0) is 14.3 Å². The number of rotatable bonds is 6. The molecule has 0 radical (unpaired) electrons. The van der Waals surface area contributed by atoms with E-state index in [4.69, 9.17) is 4.74 Å². The summed E-state index contributed by atoms with van der Waals surface area (Å²) in [7, 11) is 1.46. The van der Waals surface area contributed by atoms with E-state index in [-0.39, 0.29) is 6.61 Å². The highest BCUT2D eigenvalue weighted by molar-refractivity contribution is 5.80. The number of hydrogen-bond acceptors (Lipinski definition) is 4. The molecular formula is C10H18F3NO3. The van der Waals surface area contributed by atoms with Gasteiger partial charge in [0.1, 0.15) is 5.54 Å². The van der Waals surface area contributed by atoms with Crippen LogP contribution in [0.4, 0.5) is 13.2 Å². The smallest absolute Gasteiger partial charge is 0.414 e. The standard InChI is InChI=1S/C10H18F3NO3/c1-5-16-8(15)9(3,14-4)6-17-7(2)10(11,12)13/h7,14H,5-6H2,1-4H3. The molecule has 0 aromatic rings. The lowest BCUT2D eigenvalue weighted by atomic mass is 10.0. The Morgan fingerprint density at radius 1 is 1.41 bits per heavy atom. The lowest BCUT2D eigenvalue weighted by molar-refractivity contribution is -0.219. The SMILES string of the molecule is CCOC(=O)C(C)(COC(C)C(F)(F)F)NC. The fourth-order valence-electron chi connectivity index (χ4n) is 0.910. The van der Waals surface area contributed by atoms with Gasteiger partial charge in [0.25, 0.3) is 0 Å². The first-order chi connectivity index (χ1) is 7.67. The van der Waals surface area contributed by atoms with Gasteiger partial charge in [0.15, 0.2) is 6.10 Å². The monoisotopic (exact) mass is 257 g/mol. The highest BCUT2D eigenvalue weighted by Crippen LogP contribution is 2.23. The van der Waals surface area contributed by atoms with E-state index in [0.717, 1.165) is 6.92 Å². The zero-order valence-electron chi connectivity index (χ0n) is 10.4. The van der Waals surface area contributed by atoms with E-state index in [1.807, 2.05) is 0 Å². The van der Waals surface area contributed by atoms with E-state index >= 15 is 0 Å². The van der Waals surface area contributed by atoms with Gasteiger partial charge in [0.05, 0.1) is 13.2 Å². The van der Waals surface area contributed by atoms with Crippen molar-refractivity contribution in [3.63, 3.8) is 0 Å². The van der Waals surface area contributed by atoms with Gasteiger partial charge in [0, 0.05) is 0 Å². The molecule has 4 nitrogen and oxygen atoms in total. The summed E-state index contributed by atoms with van der Waals surface area (Å²) in [5.41, 5.74) is -1.28. The Labute approximate surface area is 98.5 Å². The Kier molecular flexibility index (Phi) is 5.91. The van der Waals surface area contributed by atoms with Crippen LogP contribution in [0, 0.1) is 0 Å². The number of esters is 1. The van der Waals surface area contributed by atoms with Gasteiger partial charge in [-0.2, -0.15) is 13.2 Å². The van der Waals surface area contributed by atoms with Crippen LogP contribution >= 0.6 is 0 Å². The molecule has 0 aliphatic rings. The number of nitrogens with one attached hydrogen (secondary N) is 1. The highest BCUT2D eigenvalue weighted by Gasteiger charge is 2.40. The van der Waals surface area contributed by atoms with Crippen LogP contribution in [0.15, 0.2) is 0 Å². The quantitative estimate of drug-likeness (QED) is 0.732. The highest BCUT2D eigenvalue weighted by atomic mass is 19.4. The van der Waals surface area contributed by atoms with Gasteiger partial charge < -0.3 is 14.8 Å². The molecule has 0 aromatic heterocycles. The molecule has 0 aliphatic heterocycles. The van der Waals surface area contributed by atoms with E-state index in [1.54, 1.807) is 6.92 Å². The average molecular weight is 257 g/mol. The third kappa shape index (κ3) is 4.91. The van der Waals surface area contributed by atoms with Crippen LogP contribution in [0.2, 0.25) is 0 Å². The molecule has 0 saturated carbocycles. The number of carbonyl (C=O) groups is 1. The van der Waals surface area contributed by atoms with Gasteiger partial charge >= 0.3 is 12.1 Å². The Morgan fingerprint density at radius 2 is 1.94 bits per heavy atom. The molecule has 0 heterocycles. The minimum atomic E-state index is -4.44. The Hall–Kier alpha value is -0.820. The van der Waals surface area contributed by atoms with Gasteiger partial charge in [-0.05, 0) is 27.8 Å². The predicted molar refractivity (Wildman–Crippen MR) is 55.6 cm³/mol. The van der Waals surface area contributed by atoms with Crippen molar-refractivity contribution in [3.05, 3.63) is 0 Å². The number of halogens is 3. The van der Waals surface area contributed by atoms with Gasteiger partial charge in [-0.3, -0.25) is 0 Å². The minimum absolute atomic E-state index is 0.158. The van der Waals surface area contributed by atoms with E-state index in [2.05, 4.69) is 10.1 Å². The average Bonchev–Trinajstić information content (AvgIpc) is 2.24. The largest absolute Gasteiger partial charge is 0.465 e. The van der Waals surface area contributed by atoms with Crippen LogP contribution in [0.5, 0.6) is 0 Å². The summed E-state index contributed by atoms with van der Waals surface area (Å²) in [5.74, 6) is -0.642. The molecule has 0 spiro atoms. The summed E-state index contributed by atoms with van der Waals surface area (Å²) < 4.78 is 46.0. The Balaban J connectivity index is 4.45. The van der Waals surface area contributed by atoms with Gasteiger partial charge in [-0.1, -0.05) is 0 Å². The van der Waals surface area contributed by atoms with Crippen LogP contribution in [0.1, 0.15) is 20.8 Å². The second kappa shape index (κ2) is 6.20. The fraction of sp³-hybridized carbons (Fsp3) is 0.900. The number of carbonyl (C=O) groups excluding carboxylic acids is 1. The normalized spacial score (nSPS) is 17.4. The summed E-state index contributed by atoms with van der Waals surface area (Å²) in [5, 5.41) is 2.60. The molecule has 102 valence electrons. The fourth-order valence-corrected chi connectivity index (χ4v) is 0.910. The third-order valence-corrected chi connectivity index (χ3v) is 2.36. The van der Waals surface area contributed by atoms with Crippen molar-refractivity contribution in [2.24, 2.45) is 0 Å². The summed E-state index contributed by atoms with van der Waals surface area (Å²) in [6.07, 6.45) is -6.37.